The summed E-state index contributed by atoms with van der Waals surface area (Å²) in [6, 6.07) is 9.80. The molecular weight excluding hydrogens is 238 g/mol. The predicted octanol–water partition coefficient (Wildman–Crippen LogP) is 2.43. The summed E-state index contributed by atoms with van der Waals surface area (Å²) in [7, 11) is 0. The molecule has 2 heterocycles. The lowest BCUT2D eigenvalue weighted by atomic mass is 10.1. The van der Waals surface area contributed by atoms with Gasteiger partial charge in [-0.2, -0.15) is 5.10 Å². The van der Waals surface area contributed by atoms with Crippen molar-refractivity contribution in [2.75, 3.05) is 17.6 Å². The molecule has 2 aromatic heterocycles. The normalized spacial score (nSPS) is 10.8. The minimum absolute atomic E-state index is 0.515. The van der Waals surface area contributed by atoms with Crippen molar-refractivity contribution in [3.63, 3.8) is 0 Å². The average molecular weight is 253 g/mol. The zero-order chi connectivity index (χ0) is 13.2. The Labute approximate surface area is 111 Å². The molecule has 1 aromatic carbocycles. The van der Waals surface area contributed by atoms with E-state index >= 15 is 0 Å². The van der Waals surface area contributed by atoms with E-state index in [1.54, 1.807) is 10.9 Å². The molecule has 0 atom stereocenters. The van der Waals surface area contributed by atoms with Gasteiger partial charge in [-0.05, 0) is 31.2 Å². The maximum atomic E-state index is 5.85. The van der Waals surface area contributed by atoms with Crippen LogP contribution in [0.4, 0.5) is 11.5 Å². The van der Waals surface area contributed by atoms with E-state index in [-0.39, 0.29) is 0 Å². The van der Waals surface area contributed by atoms with Crippen LogP contribution in [-0.4, -0.2) is 21.3 Å². The molecule has 0 aliphatic heterocycles. The Kier molecular flexibility index (Phi) is 2.79. The van der Waals surface area contributed by atoms with Gasteiger partial charge in [-0.25, -0.2) is 9.67 Å². The van der Waals surface area contributed by atoms with Crippen LogP contribution in [0.1, 0.15) is 6.92 Å². The molecule has 5 heteroatoms. The van der Waals surface area contributed by atoms with Gasteiger partial charge in [-0.1, -0.05) is 0 Å². The fourth-order valence-electron chi connectivity index (χ4n) is 2.14. The molecule has 0 bridgehead atoms. The number of anilines is 2. The summed E-state index contributed by atoms with van der Waals surface area (Å²) in [5.41, 5.74) is 8.70. The van der Waals surface area contributed by atoms with Crippen molar-refractivity contribution < 1.29 is 0 Å². The second kappa shape index (κ2) is 4.61. The van der Waals surface area contributed by atoms with E-state index in [2.05, 4.69) is 22.3 Å². The first-order valence-electron chi connectivity index (χ1n) is 6.22. The van der Waals surface area contributed by atoms with E-state index in [1.807, 2.05) is 36.5 Å². The smallest absolute Gasteiger partial charge is 0.126 e. The molecule has 5 nitrogen and oxygen atoms in total. The first kappa shape index (κ1) is 11.5. The summed E-state index contributed by atoms with van der Waals surface area (Å²) in [4.78, 5) is 4.39. The van der Waals surface area contributed by atoms with E-state index in [9.17, 15) is 0 Å². The lowest BCUT2D eigenvalue weighted by Gasteiger charge is -2.10. The van der Waals surface area contributed by atoms with Crippen molar-refractivity contribution in [1.82, 2.24) is 14.8 Å². The highest BCUT2D eigenvalue weighted by atomic mass is 15.3. The van der Waals surface area contributed by atoms with Gasteiger partial charge in [-0.3, -0.25) is 0 Å². The van der Waals surface area contributed by atoms with Crippen molar-refractivity contribution in [2.45, 2.75) is 6.92 Å². The average Bonchev–Trinajstić information content (AvgIpc) is 2.92. The zero-order valence-corrected chi connectivity index (χ0v) is 10.7. The number of nitrogens with one attached hydrogen (secondary N) is 1. The van der Waals surface area contributed by atoms with Gasteiger partial charge in [0.15, 0.2) is 0 Å². The zero-order valence-electron chi connectivity index (χ0n) is 10.7. The van der Waals surface area contributed by atoms with Gasteiger partial charge < -0.3 is 11.1 Å². The quantitative estimate of drug-likeness (QED) is 0.752. The van der Waals surface area contributed by atoms with Gasteiger partial charge in [0.25, 0.3) is 0 Å². The minimum Gasteiger partial charge on any atom is -0.385 e. The molecule has 96 valence electrons. The summed E-state index contributed by atoms with van der Waals surface area (Å²) < 4.78 is 1.80. The Balaban J connectivity index is 2.18. The monoisotopic (exact) mass is 253 g/mol. The number of aromatic nitrogens is 3. The Bertz CT molecular complexity index is 703. The summed E-state index contributed by atoms with van der Waals surface area (Å²) >= 11 is 0. The highest BCUT2D eigenvalue weighted by Crippen LogP contribution is 2.26. The third kappa shape index (κ3) is 2.10. The SMILES string of the molecule is CCNc1cc(N)nc2cc(-n3cccn3)ccc12. The molecular formula is C14H15N5. The third-order valence-corrected chi connectivity index (χ3v) is 2.95. The van der Waals surface area contributed by atoms with Gasteiger partial charge in [0.05, 0.1) is 11.2 Å². The molecule has 3 N–H and O–H groups in total. The number of benzene rings is 1. The van der Waals surface area contributed by atoms with E-state index < -0.39 is 0 Å². The maximum Gasteiger partial charge on any atom is 0.126 e. The van der Waals surface area contributed by atoms with Crippen LogP contribution in [0.2, 0.25) is 0 Å². The molecule has 3 rings (SSSR count). The number of nitrogens with two attached hydrogens (primary N) is 1. The summed E-state index contributed by atoms with van der Waals surface area (Å²) in [6.45, 7) is 2.90. The number of nitrogen functional groups attached to an aromatic ring is 1. The lowest BCUT2D eigenvalue weighted by Crippen LogP contribution is -2.01. The lowest BCUT2D eigenvalue weighted by molar-refractivity contribution is 0.882. The van der Waals surface area contributed by atoms with Crippen LogP contribution in [0, 0.1) is 0 Å². The van der Waals surface area contributed by atoms with E-state index in [1.165, 1.54) is 0 Å². The van der Waals surface area contributed by atoms with E-state index in [0.29, 0.717) is 5.82 Å². The Hall–Kier alpha value is -2.56. The van der Waals surface area contributed by atoms with Crippen LogP contribution in [0.25, 0.3) is 16.6 Å². The maximum absolute atomic E-state index is 5.85. The summed E-state index contributed by atoms with van der Waals surface area (Å²) in [5, 5.41) is 8.58. The van der Waals surface area contributed by atoms with Crippen LogP contribution in [0.15, 0.2) is 42.7 Å². The van der Waals surface area contributed by atoms with Gasteiger partial charge in [0, 0.05) is 36.1 Å². The van der Waals surface area contributed by atoms with Crippen LogP contribution < -0.4 is 11.1 Å². The number of pyridine rings is 1. The Morgan fingerprint density at radius 3 is 2.95 bits per heavy atom. The topological polar surface area (TPSA) is 68.8 Å². The molecule has 0 saturated heterocycles. The predicted molar refractivity (Wildman–Crippen MR) is 77.4 cm³/mol. The van der Waals surface area contributed by atoms with Gasteiger partial charge in [-0.15, -0.1) is 0 Å². The molecule has 3 aromatic rings. The molecule has 0 unspecified atom stereocenters. The van der Waals surface area contributed by atoms with E-state index in [0.717, 1.165) is 28.8 Å². The van der Waals surface area contributed by atoms with Gasteiger partial charge in [0.2, 0.25) is 0 Å². The van der Waals surface area contributed by atoms with Crippen LogP contribution in [0.3, 0.4) is 0 Å². The molecule has 0 aliphatic carbocycles. The summed E-state index contributed by atoms with van der Waals surface area (Å²) in [5.74, 6) is 0.515. The number of nitrogens with zero attached hydrogens (tertiary/aromatic N) is 3. The molecule has 0 radical (unpaired) electrons. The fraction of sp³-hybridized carbons (Fsp3) is 0.143. The molecule has 0 amide bonds. The van der Waals surface area contributed by atoms with Crippen molar-refractivity contribution in [2.24, 2.45) is 0 Å². The number of fused-ring (bicyclic) bond motifs is 1. The molecule has 19 heavy (non-hydrogen) atoms. The molecule has 0 aliphatic rings. The Morgan fingerprint density at radius 2 is 2.21 bits per heavy atom. The summed E-state index contributed by atoms with van der Waals surface area (Å²) in [6.07, 6.45) is 3.65. The van der Waals surface area contributed by atoms with Gasteiger partial charge >= 0.3 is 0 Å². The second-order valence-electron chi connectivity index (χ2n) is 4.28. The molecule has 0 spiro atoms. The minimum atomic E-state index is 0.515. The Morgan fingerprint density at radius 1 is 1.32 bits per heavy atom. The standard InChI is InChI=1S/C14H15N5/c1-2-16-12-9-14(15)18-13-8-10(4-5-11(12)13)19-7-3-6-17-19/h3-9H,2H2,1H3,(H3,15,16,18). The van der Waals surface area contributed by atoms with E-state index in [4.69, 9.17) is 5.73 Å². The number of rotatable bonds is 3. The molecule has 0 fully saturated rings. The first-order chi connectivity index (χ1) is 9.28. The van der Waals surface area contributed by atoms with Gasteiger partial charge in [0.1, 0.15) is 5.82 Å². The van der Waals surface area contributed by atoms with Crippen LogP contribution in [-0.2, 0) is 0 Å². The third-order valence-electron chi connectivity index (χ3n) is 2.95. The highest BCUT2D eigenvalue weighted by molar-refractivity contribution is 5.93. The second-order valence-corrected chi connectivity index (χ2v) is 4.28. The number of hydrogen-bond donors (Lipinski definition) is 2. The molecule has 0 saturated carbocycles. The van der Waals surface area contributed by atoms with Crippen molar-refractivity contribution in [3.8, 4) is 5.69 Å². The van der Waals surface area contributed by atoms with Crippen molar-refractivity contribution in [1.29, 1.82) is 0 Å². The van der Waals surface area contributed by atoms with Crippen molar-refractivity contribution in [3.05, 3.63) is 42.7 Å². The first-order valence-corrected chi connectivity index (χ1v) is 6.22. The highest BCUT2D eigenvalue weighted by Gasteiger charge is 2.05. The van der Waals surface area contributed by atoms with Crippen LogP contribution >= 0.6 is 0 Å². The fourth-order valence-corrected chi connectivity index (χ4v) is 2.14. The van der Waals surface area contributed by atoms with Crippen molar-refractivity contribution >= 4 is 22.4 Å². The largest absolute Gasteiger partial charge is 0.385 e. The van der Waals surface area contributed by atoms with Crippen LogP contribution in [0.5, 0.6) is 0 Å². The number of hydrogen-bond acceptors (Lipinski definition) is 4.